The van der Waals surface area contributed by atoms with Gasteiger partial charge in [-0.2, -0.15) is 4.72 Å². The highest BCUT2D eigenvalue weighted by atomic mass is 32.2. The summed E-state index contributed by atoms with van der Waals surface area (Å²) < 4.78 is 28.9. The minimum absolute atomic E-state index is 0.0303. The van der Waals surface area contributed by atoms with Crippen LogP contribution >= 0.6 is 0 Å². The van der Waals surface area contributed by atoms with Crippen LogP contribution < -0.4 is 14.9 Å². The van der Waals surface area contributed by atoms with Gasteiger partial charge in [-0.15, -0.1) is 6.42 Å². The van der Waals surface area contributed by atoms with Crippen molar-refractivity contribution < 1.29 is 13.2 Å². The van der Waals surface area contributed by atoms with Gasteiger partial charge >= 0.3 is 0 Å². The SMILES string of the molecule is C#CC1(NS(=O)(=O)c2ccc(NC3=NC4=C(CC(=O)N(C)c5ccccc54)CN3C)cc2)CCCCC1. The molecule has 2 aromatic carbocycles. The van der Waals surface area contributed by atoms with Gasteiger partial charge in [-0.25, -0.2) is 13.4 Å². The first-order chi connectivity index (χ1) is 17.7. The van der Waals surface area contributed by atoms with Crippen LogP contribution in [0.2, 0.25) is 0 Å². The van der Waals surface area contributed by atoms with E-state index in [2.05, 4.69) is 16.0 Å². The second-order valence-corrected chi connectivity index (χ2v) is 11.6. The Kier molecular flexibility index (Phi) is 6.56. The number of hydrogen-bond donors (Lipinski definition) is 2. The number of amides is 1. The zero-order valence-corrected chi connectivity index (χ0v) is 21.9. The number of para-hydroxylation sites is 1. The quantitative estimate of drug-likeness (QED) is 0.602. The molecule has 1 amide bonds. The molecule has 5 rings (SSSR count). The van der Waals surface area contributed by atoms with Crippen molar-refractivity contribution >= 4 is 39.0 Å². The number of aliphatic imine (C=N–C) groups is 1. The van der Waals surface area contributed by atoms with Crippen molar-refractivity contribution in [3.63, 3.8) is 0 Å². The molecule has 1 fully saturated rings. The first-order valence-corrected chi connectivity index (χ1v) is 14.0. The summed E-state index contributed by atoms with van der Waals surface area (Å²) in [6.45, 7) is 0.555. The Bertz CT molecular complexity index is 1430. The van der Waals surface area contributed by atoms with Crippen molar-refractivity contribution in [2.75, 3.05) is 30.9 Å². The summed E-state index contributed by atoms with van der Waals surface area (Å²) in [5.74, 6) is 3.35. The Morgan fingerprint density at radius 1 is 1.03 bits per heavy atom. The molecule has 1 saturated carbocycles. The van der Waals surface area contributed by atoms with Crippen molar-refractivity contribution in [3.8, 4) is 12.3 Å². The highest BCUT2D eigenvalue weighted by Gasteiger charge is 2.35. The Morgan fingerprint density at radius 2 is 1.73 bits per heavy atom. The number of rotatable bonds is 4. The number of fused-ring (bicyclic) bond motifs is 2. The van der Waals surface area contributed by atoms with Crippen molar-refractivity contribution in [2.45, 2.75) is 49.0 Å². The molecule has 2 aromatic rings. The molecule has 0 unspecified atom stereocenters. The molecule has 8 nitrogen and oxygen atoms in total. The van der Waals surface area contributed by atoms with Crippen LogP contribution in [-0.2, 0) is 14.8 Å². The van der Waals surface area contributed by atoms with Gasteiger partial charge < -0.3 is 15.1 Å². The number of anilines is 2. The number of sulfonamides is 1. The minimum Gasteiger partial charge on any atom is -0.341 e. The lowest BCUT2D eigenvalue weighted by molar-refractivity contribution is -0.117. The molecular formula is C28H31N5O3S. The third-order valence-electron chi connectivity index (χ3n) is 7.34. The van der Waals surface area contributed by atoms with Gasteiger partial charge in [-0.1, -0.05) is 43.4 Å². The van der Waals surface area contributed by atoms with Gasteiger partial charge in [-0.3, -0.25) is 4.79 Å². The van der Waals surface area contributed by atoms with E-state index in [4.69, 9.17) is 11.4 Å². The van der Waals surface area contributed by atoms with Crippen LogP contribution in [0.25, 0.3) is 5.70 Å². The second kappa shape index (κ2) is 9.69. The van der Waals surface area contributed by atoms with E-state index < -0.39 is 15.6 Å². The van der Waals surface area contributed by atoms with E-state index in [-0.39, 0.29) is 10.8 Å². The Labute approximate surface area is 218 Å². The van der Waals surface area contributed by atoms with Gasteiger partial charge in [-0.05, 0) is 48.7 Å². The number of benzene rings is 2. The Hall–Kier alpha value is -3.61. The number of likely N-dealkylation sites (N-methyl/N-ethyl adjacent to an activating group) is 1. The number of nitrogens with zero attached hydrogens (tertiary/aromatic N) is 3. The largest absolute Gasteiger partial charge is 0.341 e. The Morgan fingerprint density at radius 3 is 2.43 bits per heavy atom. The monoisotopic (exact) mass is 517 g/mol. The molecule has 37 heavy (non-hydrogen) atoms. The first-order valence-electron chi connectivity index (χ1n) is 12.5. The minimum atomic E-state index is -3.76. The lowest BCUT2D eigenvalue weighted by atomic mass is 9.83. The molecule has 1 aliphatic carbocycles. The number of carbonyl (C=O) groups is 1. The van der Waals surface area contributed by atoms with Crippen LogP contribution in [-0.4, -0.2) is 51.4 Å². The number of hydrogen-bond acceptors (Lipinski definition) is 6. The number of nitrogens with one attached hydrogen (secondary N) is 2. The predicted octanol–water partition coefficient (Wildman–Crippen LogP) is 3.79. The van der Waals surface area contributed by atoms with Gasteiger partial charge in [0, 0.05) is 31.9 Å². The highest BCUT2D eigenvalue weighted by molar-refractivity contribution is 7.89. The average Bonchev–Trinajstić information content (AvgIpc) is 2.99. The summed E-state index contributed by atoms with van der Waals surface area (Å²) in [7, 11) is -0.0622. The van der Waals surface area contributed by atoms with Gasteiger partial charge in [0.05, 0.1) is 28.2 Å². The molecule has 2 heterocycles. The number of terminal acetylenes is 1. The fraction of sp³-hybridized carbons (Fsp3) is 0.357. The molecule has 9 heteroatoms. The van der Waals surface area contributed by atoms with Crippen LogP contribution in [0.4, 0.5) is 11.4 Å². The molecule has 0 saturated heterocycles. The van der Waals surface area contributed by atoms with Crippen molar-refractivity contribution in [1.82, 2.24) is 9.62 Å². The summed E-state index contributed by atoms with van der Waals surface area (Å²) in [5.41, 5.74) is 3.39. The summed E-state index contributed by atoms with van der Waals surface area (Å²) in [6, 6.07) is 14.3. The van der Waals surface area contributed by atoms with E-state index in [0.29, 0.717) is 37.5 Å². The topological polar surface area (TPSA) is 94.1 Å². The van der Waals surface area contributed by atoms with Gasteiger partial charge in [0.2, 0.25) is 21.9 Å². The fourth-order valence-electron chi connectivity index (χ4n) is 5.22. The maximum atomic E-state index is 13.1. The Balaban J connectivity index is 1.39. The second-order valence-electron chi connectivity index (χ2n) is 9.93. The maximum Gasteiger partial charge on any atom is 0.241 e. The standard InChI is InChI=1S/C28H31N5O3S/c1-4-28(16-8-5-9-17-28)31-37(35,36)22-14-12-21(13-15-22)29-27-30-26-20(19-32(27)2)18-25(34)33(3)24-11-7-6-10-23(24)26/h1,6-7,10-15,31H,5,8-9,16-19H2,2-3H3,(H,29,30). The molecule has 2 N–H and O–H groups in total. The lowest BCUT2D eigenvalue weighted by Gasteiger charge is -2.33. The first kappa shape index (κ1) is 25.1. The molecule has 0 spiro atoms. The smallest absolute Gasteiger partial charge is 0.241 e. The number of carbonyl (C=O) groups excluding carboxylic acids is 1. The van der Waals surface area contributed by atoms with E-state index in [0.717, 1.165) is 41.8 Å². The zero-order valence-electron chi connectivity index (χ0n) is 21.1. The molecule has 0 bridgehead atoms. The van der Waals surface area contributed by atoms with Crippen LogP contribution in [0.1, 0.15) is 44.1 Å². The van der Waals surface area contributed by atoms with E-state index in [9.17, 15) is 13.2 Å². The normalized spacial score (nSPS) is 19.4. The van der Waals surface area contributed by atoms with Crippen LogP contribution in [0.15, 0.2) is 64.0 Å². The fourth-order valence-corrected chi connectivity index (χ4v) is 6.61. The summed E-state index contributed by atoms with van der Waals surface area (Å²) in [4.78, 5) is 21.4. The molecule has 0 aromatic heterocycles. The van der Waals surface area contributed by atoms with E-state index in [1.807, 2.05) is 36.2 Å². The van der Waals surface area contributed by atoms with Crippen LogP contribution in [0, 0.1) is 12.3 Å². The maximum absolute atomic E-state index is 13.1. The average molecular weight is 518 g/mol. The van der Waals surface area contributed by atoms with Gasteiger partial charge in [0.15, 0.2) is 0 Å². The van der Waals surface area contributed by atoms with Crippen LogP contribution in [0.3, 0.4) is 0 Å². The summed E-state index contributed by atoms with van der Waals surface area (Å²) in [5, 5.41) is 3.31. The highest BCUT2D eigenvalue weighted by Crippen LogP contribution is 2.37. The molecule has 3 aliphatic rings. The summed E-state index contributed by atoms with van der Waals surface area (Å²) in [6.07, 6.45) is 10.2. The molecule has 192 valence electrons. The number of guanidine groups is 1. The van der Waals surface area contributed by atoms with Crippen molar-refractivity contribution in [3.05, 3.63) is 59.7 Å². The molecular weight excluding hydrogens is 486 g/mol. The lowest BCUT2D eigenvalue weighted by Crippen LogP contribution is -2.48. The zero-order chi connectivity index (χ0) is 26.2. The molecule has 2 aliphatic heterocycles. The third-order valence-corrected chi connectivity index (χ3v) is 8.89. The summed E-state index contributed by atoms with van der Waals surface area (Å²) >= 11 is 0. The van der Waals surface area contributed by atoms with E-state index in [1.54, 1.807) is 36.2 Å². The molecule has 0 atom stereocenters. The van der Waals surface area contributed by atoms with Gasteiger partial charge in [0.1, 0.15) is 0 Å². The van der Waals surface area contributed by atoms with Crippen molar-refractivity contribution in [1.29, 1.82) is 0 Å². The molecule has 0 radical (unpaired) electrons. The van der Waals surface area contributed by atoms with E-state index in [1.165, 1.54) is 0 Å². The van der Waals surface area contributed by atoms with Crippen LogP contribution in [0.5, 0.6) is 0 Å². The van der Waals surface area contributed by atoms with Gasteiger partial charge in [0.25, 0.3) is 0 Å². The van der Waals surface area contributed by atoms with Crippen molar-refractivity contribution in [2.24, 2.45) is 4.99 Å². The predicted molar refractivity (Wildman–Crippen MR) is 146 cm³/mol. The third kappa shape index (κ3) is 4.87. The van der Waals surface area contributed by atoms with E-state index >= 15 is 0 Å².